The number of nitrogen functional groups attached to an aromatic ring is 1. The van der Waals surface area contributed by atoms with Gasteiger partial charge in [0, 0.05) is 5.41 Å². The number of anilines is 1. The SMILES string of the molecule is COC(=O)[C@]1(NS(=O)(=O)c2cnc(N)s2)C[C@]1(C)c1ccccc1. The molecule has 2 aromatic rings. The highest BCUT2D eigenvalue weighted by atomic mass is 32.2. The van der Waals surface area contributed by atoms with E-state index in [0.717, 1.165) is 16.9 Å². The van der Waals surface area contributed by atoms with Crippen molar-refractivity contribution in [3.63, 3.8) is 0 Å². The number of ether oxygens (including phenoxy) is 1. The molecule has 0 saturated heterocycles. The predicted octanol–water partition coefficient (Wildman–Crippen LogP) is 1.28. The minimum Gasteiger partial charge on any atom is -0.468 e. The van der Waals surface area contributed by atoms with E-state index in [2.05, 4.69) is 9.71 Å². The second-order valence-electron chi connectivity index (χ2n) is 5.89. The molecule has 128 valence electrons. The Hall–Kier alpha value is -1.97. The van der Waals surface area contributed by atoms with Gasteiger partial charge in [-0.2, -0.15) is 4.72 Å². The highest BCUT2D eigenvalue weighted by molar-refractivity contribution is 7.91. The summed E-state index contributed by atoms with van der Waals surface area (Å²) in [5, 5.41) is 0.143. The van der Waals surface area contributed by atoms with E-state index in [0.29, 0.717) is 6.42 Å². The maximum Gasteiger partial charge on any atom is 0.328 e. The highest BCUT2D eigenvalue weighted by Gasteiger charge is 2.72. The van der Waals surface area contributed by atoms with Crippen molar-refractivity contribution in [2.45, 2.75) is 28.5 Å². The molecule has 1 aromatic carbocycles. The summed E-state index contributed by atoms with van der Waals surface area (Å²) < 4.78 is 32.6. The lowest BCUT2D eigenvalue weighted by Gasteiger charge is -2.22. The molecule has 1 heterocycles. The molecule has 7 nitrogen and oxygen atoms in total. The Morgan fingerprint density at radius 2 is 2.04 bits per heavy atom. The monoisotopic (exact) mass is 367 g/mol. The number of carbonyl (C=O) groups is 1. The van der Waals surface area contributed by atoms with Crippen molar-refractivity contribution in [1.82, 2.24) is 9.71 Å². The first-order valence-corrected chi connectivity index (χ1v) is 9.44. The summed E-state index contributed by atoms with van der Waals surface area (Å²) in [6.45, 7) is 1.84. The van der Waals surface area contributed by atoms with Crippen LogP contribution in [0, 0.1) is 0 Å². The van der Waals surface area contributed by atoms with Crippen LogP contribution in [0.1, 0.15) is 18.9 Å². The lowest BCUT2D eigenvalue weighted by molar-refractivity contribution is -0.144. The number of methoxy groups -OCH3 is 1. The number of nitrogens with zero attached hydrogens (tertiary/aromatic N) is 1. The Morgan fingerprint density at radius 1 is 1.38 bits per heavy atom. The maximum absolute atomic E-state index is 12.6. The predicted molar refractivity (Wildman–Crippen MR) is 90.0 cm³/mol. The van der Waals surface area contributed by atoms with Crippen LogP contribution in [0.4, 0.5) is 5.13 Å². The van der Waals surface area contributed by atoms with Gasteiger partial charge in [-0.3, -0.25) is 0 Å². The third-order valence-electron chi connectivity index (χ3n) is 4.46. The number of nitrogens with two attached hydrogens (primary N) is 1. The molecule has 9 heteroatoms. The molecular formula is C15H17N3O4S2. The van der Waals surface area contributed by atoms with Crippen LogP contribution < -0.4 is 10.5 Å². The molecule has 0 spiro atoms. The second-order valence-corrected chi connectivity index (χ2v) is 8.87. The molecule has 0 bridgehead atoms. The number of thiazole rings is 1. The Morgan fingerprint density at radius 3 is 2.58 bits per heavy atom. The van der Waals surface area contributed by atoms with Crippen molar-refractivity contribution < 1.29 is 17.9 Å². The van der Waals surface area contributed by atoms with E-state index in [4.69, 9.17) is 10.5 Å². The Bertz CT molecular complexity index is 881. The second kappa shape index (κ2) is 5.54. The maximum atomic E-state index is 12.6. The van der Waals surface area contributed by atoms with Crippen molar-refractivity contribution in [2.24, 2.45) is 0 Å². The van der Waals surface area contributed by atoms with Gasteiger partial charge in [0.25, 0.3) is 10.0 Å². The molecule has 1 fully saturated rings. The molecule has 1 aliphatic carbocycles. The molecule has 1 aliphatic rings. The number of benzene rings is 1. The van der Waals surface area contributed by atoms with E-state index in [1.165, 1.54) is 13.3 Å². The number of hydrogen-bond acceptors (Lipinski definition) is 7. The molecule has 1 aromatic heterocycles. The van der Waals surface area contributed by atoms with Crippen molar-refractivity contribution >= 4 is 32.5 Å². The number of hydrogen-bond donors (Lipinski definition) is 2. The summed E-state index contributed by atoms with van der Waals surface area (Å²) >= 11 is 0.843. The lowest BCUT2D eigenvalue weighted by atomic mass is 9.93. The minimum absolute atomic E-state index is 0.0365. The van der Waals surface area contributed by atoms with E-state index in [-0.39, 0.29) is 9.34 Å². The molecule has 0 amide bonds. The summed E-state index contributed by atoms with van der Waals surface area (Å²) in [5.74, 6) is -0.616. The molecule has 3 N–H and O–H groups in total. The zero-order chi connectivity index (χ0) is 17.6. The van der Waals surface area contributed by atoms with Gasteiger partial charge in [-0.25, -0.2) is 18.2 Å². The van der Waals surface area contributed by atoms with Crippen molar-refractivity contribution in [3.8, 4) is 0 Å². The van der Waals surface area contributed by atoms with Crippen LogP contribution >= 0.6 is 11.3 Å². The molecule has 3 rings (SSSR count). The van der Waals surface area contributed by atoms with Crippen LogP contribution in [0.3, 0.4) is 0 Å². The van der Waals surface area contributed by atoms with Gasteiger partial charge in [0.15, 0.2) is 9.34 Å². The Kier molecular flexibility index (Phi) is 3.89. The summed E-state index contributed by atoms with van der Waals surface area (Å²) in [4.78, 5) is 16.2. The van der Waals surface area contributed by atoms with Crippen LogP contribution in [0.25, 0.3) is 0 Å². The van der Waals surface area contributed by atoms with Gasteiger partial charge in [0.1, 0.15) is 5.54 Å². The summed E-state index contributed by atoms with van der Waals surface area (Å²) in [7, 11) is -2.70. The number of aromatic nitrogens is 1. The summed E-state index contributed by atoms with van der Waals surface area (Å²) in [5.41, 5.74) is 4.34. The van der Waals surface area contributed by atoms with Gasteiger partial charge in [0.05, 0.1) is 13.3 Å². The Labute approximate surface area is 143 Å². The first-order chi connectivity index (χ1) is 11.2. The van der Waals surface area contributed by atoms with Crippen LogP contribution in [-0.4, -0.2) is 32.0 Å². The van der Waals surface area contributed by atoms with E-state index >= 15 is 0 Å². The number of nitrogens with one attached hydrogen (secondary N) is 1. The standard InChI is InChI=1S/C15H17N3O4S2/c1-14(10-6-4-3-5-7-10)9-15(14,12(19)22-2)18-24(20,21)11-8-17-13(16)23-11/h3-8,18H,9H2,1-2H3,(H2,16,17)/t14-,15-/m1/s1. The van der Waals surface area contributed by atoms with Gasteiger partial charge in [0.2, 0.25) is 0 Å². The van der Waals surface area contributed by atoms with Gasteiger partial charge in [-0.15, -0.1) is 0 Å². The molecule has 0 unspecified atom stereocenters. The van der Waals surface area contributed by atoms with Gasteiger partial charge < -0.3 is 10.5 Å². The van der Waals surface area contributed by atoms with Gasteiger partial charge >= 0.3 is 5.97 Å². The third-order valence-corrected chi connectivity index (χ3v) is 7.24. The molecule has 0 radical (unpaired) electrons. The number of esters is 1. The number of carbonyl (C=O) groups excluding carboxylic acids is 1. The molecule has 2 atom stereocenters. The van der Waals surface area contributed by atoms with E-state index in [9.17, 15) is 13.2 Å². The fraction of sp³-hybridized carbons (Fsp3) is 0.333. The quantitative estimate of drug-likeness (QED) is 0.770. The summed E-state index contributed by atoms with van der Waals surface area (Å²) in [6, 6.07) is 9.28. The van der Waals surface area contributed by atoms with Gasteiger partial charge in [-0.05, 0) is 12.0 Å². The van der Waals surface area contributed by atoms with E-state index < -0.39 is 26.9 Å². The molecule has 1 saturated carbocycles. The summed E-state index contributed by atoms with van der Waals surface area (Å²) in [6.07, 6.45) is 1.49. The number of sulfonamides is 1. The van der Waals surface area contributed by atoms with Crippen molar-refractivity contribution in [2.75, 3.05) is 12.8 Å². The lowest BCUT2D eigenvalue weighted by Crippen LogP contribution is -2.48. The molecule has 0 aliphatic heterocycles. The van der Waals surface area contributed by atoms with Crippen molar-refractivity contribution in [1.29, 1.82) is 0 Å². The molecular weight excluding hydrogens is 350 g/mol. The fourth-order valence-electron chi connectivity index (χ4n) is 2.98. The molecule has 24 heavy (non-hydrogen) atoms. The highest BCUT2D eigenvalue weighted by Crippen LogP contribution is 2.58. The average Bonchev–Trinajstić information content (AvgIpc) is 2.92. The van der Waals surface area contributed by atoms with Crippen LogP contribution in [0.15, 0.2) is 40.7 Å². The minimum atomic E-state index is -3.94. The smallest absolute Gasteiger partial charge is 0.328 e. The first-order valence-electron chi connectivity index (χ1n) is 7.14. The average molecular weight is 367 g/mol. The largest absolute Gasteiger partial charge is 0.468 e. The topological polar surface area (TPSA) is 111 Å². The first kappa shape index (κ1) is 16.9. The van der Waals surface area contributed by atoms with Crippen LogP contribution in [0.2, 0.25) is 0 Å². The third kappa shape index (κ3) is 2.48. The zero-order valence-corrected chi connectivity index (χ0v) is 14.8. The van der Waals surface area contributed by atoms with Crippen LogP contribution in [-0.2, 0) is 25.0 Å². The zero-order valence-electron chi connectivity index (χ0n) is 13.1. The van der Waals surface area contributed by atoms with Gasteiger partial charge in [-0.1, -0.05) is 48.6 Å². The van der Waals surface area contributed by atoms with E-state index in [1.807, 2.05) is 37.3 Å². The fourth-order valence-corrected chi connectivity index (χ4v) is 5.35. The van der Waals surface area contributed by atoms with E-state index in [1.54, 1.807) is 0 Å². The normalized spacial score (nSPS) is 26.1. The van der Waals surface area contributed by atoms with Crippen molar-refractivity contribution in [3.05, 3.63) is 42.1 Å². The number of rotatable bonds is 5. The Balaban J connectivity index is 2.00. The van der Waals surface area contributed by atoms with Crippen LogP contribution in [0.5, 0.6) is 0 Å².